The summed E-state index contributed by atoms with van der Waals surface area (Å²) in [4.78, 5) is 2.40. The molecule has 1 aliphatic rings. The van der Waals surface area contributed by atoms with E-state index in [4.69, 9.17) is 6.15 Å². The van der Waals surface area contributed by atoms with Crippen molar-refractivity contribution in [2.75, 3.05) is 6.61 Å². The Morgan fingerprint density at radius 2 is 2.39 bits per heavy atom. The zero-order valence-corrected chi connectivity index (χ0v) is 15.1. The minimum absolute atomic E-state index is 0.491. The number of benzene rings is 1. The third kappa shape index (κ3) is 3.06. The zero-order chi connectivity index (χ0) is 14.0. The van der Waals surface area contributed by atoms with Gasteiger partial charge in [0.05, 0.1) is 11.1 Å². The van der Waals surface area contributed by atoms with Crippen LogP contribution in [0.15, 0.2) is 22.8 Å². The van der Waals surface area contributed by atoms with Crippen molar-refractivity contribution in [1.29, 1.82) is 0 Å². The molecule has 0 fully saturated rings. The number of hydrogen-bond acceptors (Lipinski definition) is 2. The van der Waals surface area contributed by atoms with E-state index in [9.17, 15) is 0 Å². The molecule has 1 aliphatic heterocycles. The smallest absolute Gasteiger partial charge is 0.166 e. The van der Waals surface area contributed by atoms with Gasteiger partial charge in [-0.1, -0.05) is 6.92 Å². The molecule has 0 amide bonds. The van der Waals surface area contributed by atoms with E-state index in [1.165, 1.54) is 10.5 Å². The standard InChI is InChI=1S/C12H12BrNO.IPS/c1-7-4-8-5-14-10-3-2-9(13)12(11(8)10)15-6-7;1-2-3/h2-3,5,7,14H,4,6H2,1H3;/i/hT. The molecule has 0 radical (unpaired) electrons. The van der Waals surface area contributed by atoms with E-state index in [1.807, 2.05) is 18.3 Å². The fraction of sp³-hybridized carbons (Fsp3) is 0.333. The normalized spacial score (nSPS) is 18.6. The predicted octanol–water partition coefficient (Wildman–Crippen LogP) is 5.25. The SMILES string of the molecule is S=PI.[3H]n1cc2c3c(c(Br)ccc31)OCC(C)C2. The van der Waals surface area contributed by atoms with Crippen LogP contribution in [0.3, 0.4) is 0 Å². The fourth-order valence-corrected chi connectivity index (χ4v) is 2.58. The van der Waals surface area contributed by atoms with E-state index in [2.05, 4.69) is 56.7 Å². The molecule has 18 heavy (non-hydrogen) atoms. The van der Waals surface area contributed by atoms with Gasteiger partial charge in [-0.15, -0.1) is 0 Å². The fourth-order valence-electron chi connectivity index (χ4n) is 2.13. The monoisotopic (exact) mass is 457 g/mol. The Kier molecular flexibility index (Phi) is 4.90. The molecule has 0 saturated heterocycles. The van der Waals surface area contributed by atoms with Crippen molar-refractivity contribution in [2.24, 2.45) is 5.92 Å². The highest BCUT2D eigenvalue weighted by Gasteiger charge is 2.19. The van der Waals surface area contributed by atoms with Crippen LogP contribution in [0.1, 0.15) is 12.5 Å². The second kappa shape index (κ2) is 6.64. The number of aromatic amines is 1. The first-order valence-electron chi connectivity index (χ1n) is 5.91. The van der Waals surface area contributed by atoms with Gasteiger partial charge >= 0.3 is 0 Å². The van der Waals surface area contributed by atoms with Gasteiger partial charge in [0.2, 0.25) is 0 Å². The van der Waals surface area contributed by atoms with Gasteiger partial charge in [-0.05, 0) is 79.8 Å². The average Bonchev–Trinajstić information content (AvgIpc) is 2.55. The summed E-state index contributed by atoms with van der Waals surface area (Å²) >= 11 is 9.94. The van der Waals surface area contributed by atoms with E-state index in [1.54, 1.807) is 0 Å². The van der Waals surface area contributed by atoms with Crippen LogP contribution in [0.2, 0.25) is 1.41 Å². The number of halogens is 2. The molecule has 0 spiro atoms. The van der Waals surface area contributed by atoms with Crippen molar-refractivity contribution < 1.29 is 6.15 Å². The second-order valence-electron chi connectivity index (χ2n) is 4.24. The van der Waals surface area contributed by atoms with Gasteiger partial charge < -0.3 is 9.71 Å². The van der Waals surface area contributed by atoms with Gasteiger partial charge in [0.1, 0.15) is 5.75 Å². The van der Waals surface area contributed by atoms with Gasteiger partial charge in [0, 0.05) is 22.1 Å². The van der Waals surface area contributed by atoms with Gasteiger partial charge in [-0.2, -0.15) is 0 Å². The van der Waals surface area contributed by atoms with Crippen molar-refractivity contribution in [2.45, 2.75) is 13.3 Å². The summed E-state index contributed by atoms with van der Waals surface area (Å²) in [6.45, 7) is 2.91. The molecule has 96 valence electrons. The molecule has 6 heteroatoms. The molecule has 2 heterocycles. The lowest BCUT2D eigenvalue weighted by molar-refractivity contribution is 0.266. The lowest BCUT2D eigenvalue weighted by atomic mass is 10.0. The Labute approximate surface area is 136 Å². The highest BCUT2D eigenvalue weighted by molar-refractivity contribution is 14.2. The number of nitrogens with one attached hydrogen (secondary N) is 1. The summed E-state index contributed by atoms with van der Waals surface area (Å²) in [6.07, 6.45) is 2.87. The zero-order valence-electron chi connectivity index (χ0n) is 10.7. The minimum atomic E-state index is 0.491. The lowest BCUT2D eigenvalue weighted by Gasteiger charge is -2.09. The molecule has 0 bridgehead atoms. The molecule has 1 aromatic heterocycles. The van der Waals surface area contributed by atoms with Crippen molar-refractivity contribution in [3.8, 4) is 5.75 Å². The summed E-state index contributed by atoms with van der Waals surface area (Å²) in [5, 5.41) is 1.09. The van der Waals surface area contributed by atoms with Gasteiger partial charge in [0.25, 0.3) is 0 Å². The highest BCUT2D eigenvalue weighted by atomic mass is 127. The summed E-state index contributed by atoms with van der Waals surface area (Å²) in [7, 11) is 0. The molecular weight excluding hydrogens is 444 g/mol. The number of ether oxygens (including phenoxy) is 1. The maximum absolute atomic E-state index is 7.87. The Morgan fingerprint density at radius 3 is 3.11 bits per heavy atom. The maximum atomic E-state index is 7.87. The van der Waals surface area contributed by atoms with Crippen LogP contribution in [-0.2, 0) is 18.2 Å². The molecule has 3 rings (SSSR count). The Hall–Kier alpha value is 0.290. The Morgan fingerprint density at radius 1 is 1.67 bits per heavy atom. The summed E-state index contributed by atoms with van der Waals surface area (Å²) in [5.74, 6) is 1.38. The van der Waals surface area contributed by atoms with Crippen LogP contribution in [-0.4, -0.2) is 11.6 Å². The molecule has 1 N–H and O–H groups in total. The number of hydrogen-bond donors (Lipinski definition) is 1. The summed E-state index contributed by atoms with van der Waals surface area (Å²) in [6, 6.07) is 3.90. The van der Waals surface area contributed by atoms with E-state index in [-0.39, 0.29) is 0 Å². The van der Waals surface area contributed by atoms with Crippen molar-refractivity contribution in [1.82, 2.24) is 4.98 Å². The second-order valence-corrected chi connectivity index (χ2v) is 9.19. The number of H-pyrrole nitrogens is 1. The topological polar surface area (TPSA) is 25.0 Å². The quantitative estimate of drug-likeness (QED) is 0.432. The molecule has 2 nitrogen and oxygen atoms in total. The lowest BCUT2D eigenvalue weighted by Crippen LogP contribution is -2.08. The average molecular weight is 458 g/mol. The number of aromatic nitrogens is 1. The van der Waals surface area contributed by atoms with Crippen LogP contribution in [0.4, 0.5) is 0 Å². The van der Waals surface area contributed by atoms with Crippen molar-refractivity contribution in [3.05, 3.63) is 28.4 Å². The first-order valence-corrected chi connectivity index (χ1v) is 10.9. The van der Waals surface area contributed by atoms with E-state index in [0.29, 0.717) is 5.92 Å². The molecule has 1 aromatic carbocycles. The predicted molar refractivity (Wildman–Crippen MR) is 92.7 cm³/mol. The van der Waals surface area contributed by atoms with Crippen molar-refractivity contribution >= 4 is 65.7 Å². The first-order chi connectivity index (χ1) is 9.08. The maximum Gasteiger partial charge on any atom is 0.166 e. The Balaban J connectivity index is 0.000000408. The molecule has 0 saturated carbocycles. The van der Waals surface area contributed by atoms with Crippen LogP contribution < -0.4 is 4.74 Å². The third-order valence-electron chi connectivity index (χ3n) is 2.85. The van der Waals surface area contributed by atoms with E-state index < -0.39 is 0 Å². The first kappa shape index (κ1) is 13.3. The van der Waals surface area contributed by atoms with Crippen LogP contribution >= 0.6 is 43.0 Å². The van der Waals surface area contributed by atoms with Crippen LogP contribution in [0.25, 0.3) is 10.9 Å². The molecule has 1 atom stereocenters. The van der Waals surface area contributed by atoms with Gasteiger partial charge in [-0.25, -0.2) is 0 Å². The largest absolute Gasteiger partial charge is 0.491 e. The molecule has 2 aromatic rings. The molecule has 1 unspecified atom stereocenters. The highest BCUT2D eigenvalue weighted by Crippen LogP contribution is 2.38. The van der Waals surface area contributed by atoms with E-state index >= 15 is 0 Å². The summed E-state index contributed by atoms with van der Waals surface area (Å²) in [5.41, 5.74) is 2.13. The van der Waals surface area contributed by atoms with Crippen LogP contribution in [0, 0.1) is 5.92 Å². The number of rotatable bonds is 0. The van der Waals surface area contributed by atoms with Crippen molar-refractivity contribution in [3.63, 3.8) is 0 Å². The van der Waals surface area contributed by atoms with Gasteiger partial charge in [0.15, 0.2) is 1.41 Å². The van der Waals surface area contributed by atoms with Gasteiger partial charge in [-0.3, -0.25) is 0 Å². The van der Waals surface area contributed by atoms with E-state index in [0.717, 1.165) is 39.2 Å². The molecular formula is C12H12BrINOPS. The minimum Gasteiger partial charge on any atom is -0.491 e. The molecule has 0 aliphatic carbocycles. The summed E-state index contributed by atoms with van der Waals surface area (Å²) < 4.78 is 14.7. The Bertz CT molecular complexity index is 621. The third-order valence-corrected chi connectivity index (χ3v) is 3.47. The van der Waals surface area contributed by atoms with Crippen LogP contribution in [0.5, 0.6) is 5.75 Å².